The van der Waals surface area contributed by atoms with Gasteiger partial charge in [-0.2, -0.15) is 0 Å². The first-order valence-electron chi connectivity index (χ1n) is 3.22. The normalized spacial score (nSPS) is 10.3. The van der Waals surface area contributed by atoms with Crippen molar-refractivity contribution < 1.29 is 28.8 Å². The number of carboxylic acid groups (broad SMARTS) is 1. The molecule has 0 aromatic rings. The van der Waals surface area contributed by atoms with Crippen molar-refractivity contribution in [2.45, 2.75) is 33.6 Å². The van der Waals surface area contributed by atoms with Crippen LogP contribution in [-0.4, -0.2) is 5.97 Å². The maximum Gasteiger partial charge on any atom is 1.00 e. The molecule has 0 rings (SSSR count). The zero-order chi connectivity index (χ0) is 7.49. The van der Waals surface area contributed by atoms with Crippen molar-refractivity contribution in [1.82, 2.24) is 0 Å². The van der Waals surface area contributed by atoms with Gasteiger partial charge in [-0.05, 0) is 6.42 Å². The van der Waals surface area contributed by atoms with Crippen molar-refractivity contribution in [3.63, 3.8) is 0 Å². The molecule has 0 aromatic heterocycles. The van der Waals surface area contributed by atoms with E-state index in [1.807, 2.05) is 6.92 Å². The Morgan fingerprint density at radius 2 is 1.90 bits per heavy atom. The molecule has 0 bridgehead atoms. The fourth-order valence-electron chi connectivity index (χ4n) is 0.727. The second-order valence-electron chi connectivity index (χ2n) is 2.92. The summed E-state index contributed by atoms with van der Waals surface area (Å²) < 4.78 is 0. The van der Waals surface area contributed by atoms with Crippen LogP contribution in [0.2, 0.25) is 0 Å². The van der Waals surface area contributed by atoms with Crippen molar-refractivity contribution in [3.05, 3.63) is 0 Å². The summed E-state index contributed by atoms with van der Waals surface area (Å²) in [6.45, 7) is 5.34. The smallest absolute Gasteiger partial charge is 0.550 e. The van der Waals surface area contributed by atoms with Crippen LogP contribution >= 0.6 is 0 Å². The van der Waals surface area contributed by atoms with Gasteiger partial charge in [0, 0.05) is 11.4 Å². The zero-order valence-corrected chi connectivity index (χ0v) is 7.23. The molecule has 0 atom stereocenters. The number of carbonyl (C=O) groups excluding carboxylic acids is 1. The summed E-state index contributed by atoms with van der Waals surface area (Å²) in [7, 11) is 0. The molecule has 0 saturated heterocycles. The van der Waals surface area contributed by atoms with Crippen LogP contribution in [0.1, 0.15) is 33.6 Å². The minimum atomic E-state index is -0.954. The summed E-state index contributed by atoms with van der Waals surface area (Å²) in [4.78, 5) is 10.3. The van der Waals surface area contributed by atoms with Crippen LogP contribution in [0.25, 0.3) is 0 Å². The van der Waals surface area contributed by atoms with E-state index in [0.717, 1.165) is 6.42 Å². The van der Waals surface area contributed by atoms with Crippen LogP contribution in [0.4, 0.5) is 0 Å². The van der Waals surface area contributed by atoms with E-state index in [1.54, 1.807) is 13.8 Å². The number of aliphatic carboxylic acids is 1. The number of rotatable bonds is 3. The first kappa shape index (κ1) is 12.7. The minimum absolute atomic E-state index is 0. The molecule has 10 heavy (non-hydrogen) atoms. The molecule has 0 fully saturated rings. The van der Waals surface area contributed by atoms with Gasteiger partial charge in [0.25, 0.3) is 0 Å². The molecule has 0 N–H and O–H groups in total. The molecule has 0 unspecified atom stereocenters. The second-order valence-corrected chi connectivity index (χ2v) is 2.92. The third-order valence-corrected chi connectivity index (χ3v) is 1.43. The third kappa shape index (κ3) is 3.98. The molecular formula is C7H13LiO2. The minimum Gasteiger partial charge on any atom is -0.550 e. The molecule has 2 nitrogen and oxygen atoms in total. The number of hydrogen-bond donors (Lipinski definition) is 0. The zero-order valence-electron chi connectivity index (χ0n) is 7.23. The van der Waals surface area contributed by atoms with Crippen molar-refractivity contribution in [2.24, 2.45) is 5.41 Å². The topological polar surface area (TPSA) is 40.1 Å². The molecule has 3 heteroatoms. The fourth-order valence-corrected chi connectivity index (χ4v) is 0.727. The summed E-state index contributed by atoms with van der Waals surface area (Å²) in [5, 5.41) is 10.3. The average molecular weight is 136 g/mol. The Kier molecular flexibility index (Phi) is 6.13. The van der Waals surface area contributed by atoms with E-state index in [4.69, 9.17) is 0 Å². The number of carbonyl (C=O) groups is 1. The SMILES string of the molecule is CCCC(C)(C)C(=O)[O-].[Li+]. The Balaban J connectivity index is 0. The largest absolute Gasteiger partial charge is 1.00 e. The van der Waals surface area contributed by atoms with Gasteiger partial charge in [-0.25, -0.2) is 0 Å². The number of carboxylic acids is 1. The first-order chi connectivity index (χ1) is 4.00. The van der Waals surface area contributed by atoms with Crippen molar-refractivity contribution in [3.8, 4) is 0 Å². The van der Waals surface area contributed by atoms with Gasteiger partial charge in [-0.1, -0.05) is 27.2 Å². The van der Waals surface area contributed by atoms with Gasteiger partial charge in [-0.15, -0.1) is 0 Å². The molecule has 0 aliphatic heterocycles. The molecule has 0 radical (unpaired) electrons. The Morgan fingerprint density at radius 3 is 2.00 bits per heavy atom. The molecule has 54 valence electrons. The molecule has 0 amide bonds. The van der Waals surface area contributed by atoms with Gasteiger partial charge in [-0.3, -0.25) is 0 Å². The van der Waals surface area contributed by atoms with Crippen LogP contribution < -0.4 is 24.0 Å². The summed E-state index contributed by atoms with van der Waals surface area (Å²) in [5.74, 6) is -0.954. The second kappa shape index (κ2) is 4.82. The van der Waals surface area contributed by atoms with Gasteiger partial charge < -0.3 is 9.90 Å². The Labute approximate surface area is 74.2 Å². The van der Waals surface area contributed by atoms with Gasteiger partial charge >= 0.3 is 18.9 Å². The average Bonchev–Trinajstić information content (AvgIpc) is 1.65. The van der Waals surface area contributed by atoms with Crippen LogP contribution in [0.3, 0.4) is 0 Å². The molecule has 0 aromatic carbocycles. The van der Waals surface area contributed by atoms with Gasteiger partial charge in [0.1, 0.15) is 0 Å². The summed E-state index contributed by atoms with van der Waals surface area (Å²) in [5.41, 5.74) is -0.644. The molecule has 0 heterocycles. The maximum absolute atomic E-state index is 10.3. The Morgan fingerprint density at radius 1 is 1.50 bits per heavy atom. The molecular weight excluding hydrogens is 123 g/mol. The van der Waals surface area contributed by atoms with Gasteiger partial charge in [0.05, 0.1) is 0 Å². The molecule has 0 saturated carbocycles. The Bertz CT molecular complexity index is 110. The fraction of sp³-hybridized carbons (Fsp3) is 0.857. The molecule has 0 aliphatic carbocycles. The predicted molar refractivity (Wildman–Crippen MR) is 33.7 cm³/mol. The summed E-state index contributed by atoms with van der Waals surface area (Å²) in [6.07, 6.45) is 1.58. The van der Waals surface area contributed by atoms with E-state index >= 15 is 0 Å². The van der Waals surface area contributed by atoms with Crippen LogP contribution in [0.15, 0.2) is 0 Å². The van der Waals surface area contributed by atoms with E-state index in [1.165, 1.54) is 0 Å². The molecule has 0 aliphatic rings. The van der Waals surface area contributed by atoms with Crippen LogP contribution in [0.5, 0.6) is 0 Å². The third-order valence-electron chi connectivity index (χ3n) is 1.43. The van der Waals surface area contributed by atoms with E-state index in [2.05, 4.69) is 0 Å². The maximum atomic E-state index is 10.3. The van der Waals surface area contributed by atoms with E-state index in [9.17, 15) is 9.90 Å². The van der Waals surface area contributed by atoms with Crippen molar-refractivity contribution in [2.75, 3.05) is 0 Å². The van der Waals surface area contributed by atoms with E-state index < -0.39 is 11.4 Å². The van der Waals surface area contributed by atoms with Crippen molar-refractivity contribution in [1.29, 1.82) is 0 Å². The van der Waals surface area contributed by atoms with Gasteiger partial charge in [0.15, 0.2) is 0 Å². The van der Waals surface area contributed by atoms with Gasteiger partial charge in [0.2, 0.25) is 0 Å². The van der Waals surface area contributed by atoms with Crippen LogP contribution in [-0.2, 0) is 4.79 Å². The van der Waals surface area contributed by atoms with E-state index in [-0.39, 0.29) is 18.9 Å². The molecule has 0 spiro atoms. The Hall–Kier alpha value is 0.0674. The summed E-state index contributed by atoms with van der Waals surface area (Å²) >= 11 is 0. The first-order valence-corrected chi connectivity index (χ1v) is 3.22. The summed E-state index contributed by atoms with van der Waals surface area (Å²) in [6, 6.07) is 0. The standard InChI is InChI=1S/C7H14O2.Li/c1-4-5-7(2,3)6(8)9;/h4-5H2,1-3H3,(H,8,9);/q;+1/p-1. The van der Waals surface area contributed by atoms with E-state index in [0.29, 0.717) is 6.42 Å². The van der Waals surface area contributed by atoms with Crippen LogP contribution in [0, 0.1) is 5.41 Å². The monoisotopic (exact) mass is 136 g/mol. The quantitative estimate of drug-likeness (QED) is 0.405. The predicted octanol–water partition coefficient (Wildman–Crippen LogP) is -2.43. The van der Waals surface area contributed by atoms with Crippen molar-refractivity contribution >= 4 is 5.97 Å². The number of hydrogen-bond acceptors (Lipinski definition) is 2.